The fraction of sp³-hybridized carbons (Fsp3) is 0.143. The summed E-state index contributed by atoms with van der Waals surface area (Å²) in [6.45, 7) is 0. The van der Waals surface area contributed by atoms with Gasteiger partial charge in [0.05, 0.1) is 17.7 Å². The van der Waals surface area contributed by atoms with E-state index in [1.807, 2.05) is 0 Å². The number of halogens is 1. The Labute approximate surface area is 79.2 Å². The van der Waals surface area contributed by atoms with Crippen LogP contribution in [0.3, 0.4) is 0 Å². The monoisotopic (exact) mass is 202 g/mol. The van der Waals surface area contributed by atoms with Crippen molar-refractivity contribution in [3.05, 3.63) is 27.3 Å². The molecule has 0 unspecified atom stereocenters. The van der Waals surface area contributed by atoms with E-state index >= 15 is 0 Å². The molecule has 0 saturated carbocycles. The Morgan fingerprint density at radius 2 is 2.23 bits per heavy atom. The van der Waals surface area contributed by atoms with E-state index in [-0.39, 0.29) is 22.1 Å². The molecule has 1 rings (SSSR count). The van der Waals surface area contributed by atoms with Crippen LogP contribution in [0.15, 0.2) is 12.1 Å². The van der Waals surface area contributed by atoms with Crippen LogP contribution in [0, 0.1) is 10.1 Å². The van der Waals surface area contributed by atoms with E-state index < -0.39 is 4.92 Å². The molecule has 0 fully saturated rings. The molecule has 0 amide bonds. The lowest BCUT2D eigenvalue weighted by molar-refractivity contribution is -0.385. The zero-order valence-corrected chi connectivity index (χ0v) is 7.54. The van der Waals surface area contributed by atoms with E-state index in [0.29, 0.717) is 0 Å². The Bertz CT molecular complexity index is 354. The highest BCUT2D eigenvalue weighted by atomic mass is 35.5. The molecule has 0 atom stereocenters. The Balaban J connectivity index is 3.38. The van der Waals surface area contributed by atoms with Crippen LogP contribution in [0.25, 0.3) is 0 Å². The van der Waals surface area contributed by atoms with Crippen molar-refractivity contribution in [1.82, 2.24) is 0 Å². The second kappa shape index (κ2) is 3.49. The molecule has 0 spiro atoms. The van der Waals surface area contributed by atoms with Crippen LogP contribution < -0.4 is 10.5 Å². The van der Waals surface area contributed by atoms with Crippen LogP contribution in [-0.2, 0) is 0 Å². The zero-order chi connectivity index (χ0) is 10.0. The van der Waals surface area contributed by atoms with Crippen molar-refractivity contribution in [2.45, 2.75) is 0 Å². The van der Waals surface area contributed by atoms with Crippen molar-refractivity contribution in [3.8, 4) is 5.75 Å². The van der Waals surface area contributed by atoms with Crippen LogP contribution in [-0.4, -0.2) is 12.0 Å². The minimum absolute atomic E-state index is 0.00772. The van der Waals surface area contributed by atoms with Crippen molar-refractivity contribution in [3.63, 3.8) is 0 Å². The van der Waals surface area contributed by atoms with Gasteiger partial charge in [-0.15, -0.1) is 0 Å². The summed E-state index contributed by atoms with van der Waals surface area (Å²) in [5.41, 5.74) is 5.49. The lowest BCUT2D eigenvalue weighted by Crippen LogP contribution is -1.96. The molecule has 13 heavy (non-hydrogen) atoms. The third-order valence-electron chi connectivity index (χ3n) is 1.51. The molecule has 5 nitrogen and oxygen atoms in total. The molecule has 70 valence electrons. The lowest BCUT2D eigenvalue weighted by Gasteiger charge is -2.05. The summed E-state index contributed by atoms with van der Waals surface area (Å²) >= 11 is 5.69. The third-order valence-corrected chi connectivity index (χ3v) is 1.90. The van der Waals surface area contributed by atoms with Crippen molar-refractivity contribution in [2.24, 2.45) is 0 Å². The summed E-state index contributed by atoms with van der Waals surface area (Å²) in [4.78, 5) is 9.89. The minimum Gasteiger partial charge on any atom is -0.489 e. The van der Waals surface area contributed by atoms with Gasteiger partial charge in [-0.1, -0.05) is 11.6 Å². The lowest BCUT2D eigenvalue weighted by atomic mass is 10.2. The molecule has 0 radical (unpaired) electrons. The molecule has 0 aliphatic rings. The van der Waals surface area contributed by atoms with E-state index in [1.165, 1.54) is 19.2 Å². The van der Waals surface area contributed by atoms with Crippen LogP contribution in [0.5, 0.6) is 5.75 Å². The molecular formula is C7H7ClN2O3. The normalized spacial score (nSPS) is 9.69. The first kappa shape index (κ1) is 9.60. The van der Waals surface area contributed by atoms with E-state index in [9.17, 15) is 10.1 Å². The molecule has 0 aliphatic carbocycles. The molecule has 0 bridgehead atoms. The van der Waals surface area contributed by atoms with Crippen LogP contribution in [0.4, 0.5) is 11.4 Å². The Morgan fingerprint density at radius 3 is 2.69 bits per heavy atom. The van der Waals surface area contributed by atoms with Gasteiger partial charge in [-0.05, 0) is 6.07 Å². The number of nitro benzene ring substituents is 1. The van der Waals surface area contributed by atoms with Crippen molar-refractivity contribution >= 4 is 23.0 Å². The Kier molecular flexibility index (Phi) is 2.57. The van der Waals surface area contributed by atoms with E-state index in [0.717, 1.165) is 0 Å². The molecular weight excluding hydrogens is 196 g/mol. The highest BCUT2D eigenvalue weighted by molar-refractivity contribution is 6.34. The fourth-order valence-corrected chi connectivity index (χ4v) is 1.14. The molecule has 2 N–H and O–H groups in total. The van der Waals surface area contributed by atoms with E-state index in [2.05, 4.69) is 0 Å². The first-order chi connectivity index (χ1) is 6.07. The largest absolute Gasteiger partial charge is 0.489 e. The van der Waals surface area contributed by atoms with Gasteiger partial charge in [0.1, 0.15) is 5.02 Å². The number of hydrogen-bond donors (Lipinski definition) is 1. The quantitative estimate of drug-likeness (QED) is 0.451. The average molecular weight is 203 g/mol. The summed E-state index contributed by atoms with van der Waals surface area (Å²) < 4.78 is 4.76. The third kappa shape index (κ3) is 1.65. The minimum atomic E-state index is -0.579. The maximum atomic E-state index is 10.5. The van der Waals surface area contributed by atoms with Gasteiger partial charge >= 0.3 is 5.69 Å². The standard InChI is InChI=1S/C7H7ClN2O3/c1-13-7-5(10(11)12)3-2-4(9)6(7)8/h2-3H,9H2,1H3. The first-order valence-corrected chi connectivity index (χ1v) is 3.72. The van der Waals surface area contributed by atoms with Gasteiger partial charge in [0.2, 0.25) is 5.75 Å². The average Bonchev–Trinajstić information content (AvgIpc) is 2.09. The molecule has 1 aromatic carbocycles. The van der Waals surface area contributed by atoms with Crippen LogP contribution >= 0.6 is 11.6 Å². The van der Waals surface area contributed by atoms with Crippen LogP contribution in [0.1, 0.15) is 0 Å². The molecule has 0 aromatic heterocycles. The maximum Gasteiger partial charge on any atom is 0.312 e. The van der Waals surface area contributed by atoms with Gasteiger partial charge in [0, 0.05) is 6.07 Å². The highest BCUT2D eigenvalue weighted by Crippen LogP contribution is 2.38. The summed E-state index contributed by atoms with van der Waals surface area (Å²) in [7, 11) is 1.30. The van der Waals surface area contributed by atoms with E-state index in [4.69, 9.17) is 22.1 Å². The number of nitrogen functional groups attached to an aromatic ring is 1. The maximum absolute atomic E-state index is 10.5. The molecule has 0 aliphatic heterocycles. The van der Waals surface area contributed by atoms with Crippen molar-refractivity contribution in [2.75, 3.05) is 12.8 Å². The van der Waals surface area contributed by atoms with E-state index in [1.54, 1.807) is 0 Å². The van der Waals surface area contributed by atoms with Gasteiger partial charge in [-0.2, -0.15) is 0 Å². The molecule has 0 saturated heterocycles. The van der Waals surface area contributed by atoms with Gasteiger partial charge in [-0.3, -0.25) is 10.1 Å². The number of nitrogens with zero attached hydrogens (tertiary/aromatic N) is 1. The number of benzene rings is 1. The SMILES string of the molecule is COc1c([N+](=O)[O-])ccc(N)c1Cl. The number of anilines is 1. The topological polar surface area (TPSA) is 78.4 Å². The summed E-state index contributed by atoms with van der Waals surface area (Å²) in [5.74, 6) is -0.00772. The summed E-state index contributed by atoms with van der Waals surface area (Å²) in [6, 6.07) is 2.61. The molecule has 1 aromatic rings. The summed E-state index contributed by atoms with van der Waals surface area (Å²) in [5, 5.41) is 10.5. The van der Waals surface area contributed by atoms with Gasteiger partial charge < -0.3 is 10.5 Å². The van der Waals surface area contributed by atoms with Gasteiger partial charge in [0.25, 0.3) is 0 Å². The second-order valence-corrected chi connectivity index (χ2v) is 2.66. The predicted molar refractivity (Wildman–Crippen MR) is 49.1 cm³/mol. The fourth-order valence-electron chi connectivity index (χ4n) is 0.899. The Hall–Kier alpha value is -1.49. The number of rotatable bonds is 2. The summed E-state index contributed by atoms with van der Waals surface area (Å²) in [6.07, 6.45) is 0. The molecule has 6 heteroatoms. The number of hydrogen-bond acceptors (Lipinski definition) is 4. The number of ether oxygens (including phenoxy) is 1. The number of nitrogens with two attached hydrogens (primary N) is 1. The first-order valence-electron chi connectivity index (χ1n) is 3.34. The van der Waals surface area contributed by atoms with Crippen LogP contribution in [0.2, 0.25) is 5.02 Å². The van der Waals surface area contributed by atoms with Crippen molar-refractivity contribution in [1.29, 1.82) is 0 Å². The van der Waals surface area contributed by atoms with Gasteiger partial charge in [0.15, 0.2) is 0 Å². The molecule has 0 heterocycles. The Morgan fingerprint density at radius 1 is 1.62 bits per heavy atom. The number of methoxy groups -OCH3 is 1. The highest BCUT2D eigenvalue weighted by Gasteiger charge is 2.19. The second-order valence-electron chi connectivity index (χ2n) is 2.28. The smallest absolute Gasteiger partial charge is 0.312 e. The number of nitro groups is 1. The predicted octanol–water partition coefficient (Wildman–Crippen LogP) is 1.84. The van der Waals surface area contributed by atoms with Gasteiger partial charge in [-0.25, -0.2) is 0 Å². The van der Waals surface area contributed by atoms with Crippen molar-refractivity contribution < 1.29 is 9.66 Å². The zero-order valence-electron chi connectivity index (χ0n) is 6.78.